The maximum Gasteiger partial charge on any atom is 0.416 e. The number of hydrogen-bond acceptors (Lipinski definition) is 2. The van der Waals surface area contributed by atoms with Crippen molar-refractivity contribution in [1.29, 1.82) is 0 Å². The number of halogens is 5. The quantitative estimate of drug-likeness (QED) is 0.832. The van der Waals surface area contributed by atoms with E-state index in [1.54, 1.807) is 0 Å². The van der Waals surface area contributed by atoms with Gasteiger partial charge in [-0.3, -0.25) is 9.69 Å². The van der Waals surface area contributed by atoms with E-state index in [-0.39, 0.29) is 23.4 Å². The van der Waals surface area contributed by atoms with Gasteiger partial charge >= 0.3 is 6.18 Å². The molecule has 0 spiro atoms. The lowest BCUT2D eigenvalue weighted by molar-refractivity contribution is -0.137. The molecule has 0 bridgehead atoms. The molecule has 136 valence electrons. The van der Waals surface area contributed by atoms with Crippen LogP contribution in [0.5, 0.6) is 0 Å². The van der Waals surface area contributed by atoms with Gasteiger partial charge in [-0.25, -0.2) is 8.78 Å². The molecule has 0 radical (unpaired) electrons. The Balaban J connectivity index is 2.07. The van der Waals surface area contributed by atoms with Crippen molar-refractivity contribution in [1.82, 2.24) is 5.32 Å². The molecule has 2 aromatic rings. The van der Waals surface area contributed by atoms with Crippen molar-refractivity contribution in [2.45, 2.75) is 6.18 Å². The normalized spacial score (nSPS) is 15.0. The number of alkyl halides is 3. The summed E-state index contributed by atoms with van der Waals surface area (Å²) in [6, 6.07) is 7.43. The van der Waals surface area contributed by atoms with Gasteiger partial charge in [-0.15, -0.1) is 0 Å². The number of nitrogens with zero attached hydrogens (tertiary/aromatic N) is 1. The average Bonchev–Trinajstić information content (AvgIpc) is 2.91. The summed E-state index contributed by atoms with van der Waals surface area (Å²) in [6.45, 7) is -0.182. The van der Waals surface area contributed by atoms with Gasteiger partial charge in [-0.2, -0.15) is 13.2 Å². The summed E-state index contributed by atoms with van der Waals surface area (Å²) in [6.07, 6.45) is -4.57. The summed E-state index contributed by atoms with van der Waals surface area (Å²) in [5.41, 5.74) is -1.21. The molecule has 1 amide bonds. The largest absolute Gasteiger partial charge is 0.416 e. The molecule has 0 saturated heterocycles. The molecular formula is C18H13F5N2O. The molecule has 0 fully saturated rings. The predicted octanol–water partition coefficient (Wildman–Crippen LogP) is 3.96. The van der Waals surface area contributed by atoms with Crippen LogP contribution in [0.4, 0.5) is 27.6 Å². The number of carbonyl (C=O) groups is 1. The fourth-order valence-electron chi connectivity index (χ4n) is 2.85. The molecule has 0 saturated carbocycles. The number of rotatable bonds is 3. The van der Waals surface area contributed by atoms with Gasteiger partial charge in [-0.05, 0) is 29.8 Å². The van der Waals surface area contributed by atoms with Crippen LogP contribution < -0.4 is 10.2 Å². The molecule has 2 aromatic carbocycles. The second-order valence-corrected chi connectivity index (χ2v) is 5.64. The molecule has 1 heterocycles. The van der Waals surface area contributed by atoms with Gasteiger partial charge in [0, 0.05) is 12.7 Å². The minimum atomic E-state index is -4.57. The van der Waals surface area contributed by atoms with Gasteiger partial charge in [-0.1, -0.05) is 18.2 Å². The zero-order valence-corrected chi connectivity index (χ0v) is 13.5. The second kappa shape index (κ2) is 6.44. The topological polar surface area (TPSA) is 32.3 Å². The minimum Gasteiger partial charge on any atom is -0.389 e. The van der Waals surface area contributed by atoms with Crippen LogP contribution in [-0.4, -0.2) is 19.5 Å². The van der Waals surface area contributed by atoms with E-state index in [1.807, 2.05) is 0 Å². The molecule has 0 aliphatic carbocycles. The van der Waals surface area contributed by atoms with Crippen LogP contribution in [0.3, 0.4) is 0 Å². The van der Waals surface area contributed by atoms with Crippen LogP contribution in [0.2, 0.25) is 0 Å². The third kappa shape index (κ3) is 3.02. The number of hydrogen-bond donors (Lipinski definition) is 1. The molecule has 1 N–H and O–H groups in total. The smallest absolute Gasteiger partial charge is 0.389 e. The lowest BCUT2D eigenvalue weighted by Crippen LogP contribution is -2.29. The van der Waals surface area contributed by atoms with E-state index in [2.05, 4.69) is 5.32 Å². The van der Waals surface area contributed by atoms with Gasteiger partial charge in [0.25, 0.3) is 5.91 Å². The van der Waals surface area contributed by atoms with Gasteiger partial charge in [0.1, 0.15) is 17.3 Å². The number of anilines is 1. The molecule has 26 heavy (non-hydrogen) atoms. The van der Waals surface area contributed by atoms with Gasteiger partial charge < -0.3 is 5.32 Å². The predicted molar refractivity (Wildman–Crippen MR) is 86.1 cm³/mol. The Morgan fingerprint density at radius 1 is 1.04 bits per heavy atom. The maximum atomic E-state index is 14.0. The number of para-hydroxylation sites is 1. The van der Waals surface area contributed by atoms with Crippen molar-refractivity contribution in [3.63, 3.8) is 0 Å². The minimum absolute atomic E-state index is 0.0217. The van der Waals surface area contributed by atoms with Gasteiger partial charge in [0.15, 0.2) is 0 Å². The molecule has 0 atom stereocenters. The van der Waals surface area contributed by atoms with Crippen molar-refractivity contribution < 1.29 is 26.7 Å². The number of benzene rings is 2. The van der Waals surface area contributed by atoms with Crippen LogP contribution in [-0.2, 0) is 11.0 Å². The fraction of sp³-hybridized carbons (Fsp3) is 0.167. The Kier molecular flexibility index (Phi) is 4.43. The van der Waals surface area contributed by atoms with Crippen molar-refractivity contribution in [2.75, 3.05) is 18.5 Å². The number of carbonyl (C=O) groups excluding carboxylic acids is 1. The zero-order valence-electron chi connectivity index (χ0n) is 13.5. The Bertz CT molecular complexity index is 884. The average molecular weight is 368 g/mol. The lowest BCUT2D eigenvalue weighted by atomic mass is 10.0. The first kappa shape index (κ1) is 17.9. The van der Waals surface area contributed by atoms with E-state index in [0.717, 1.165) is 35.2 Å². The summed E-state index contributed by atoms with van der Waals surface area (Å²) < 4.78 is 66.9. The Morgan fingerprint density at radius 2 is 1.65 bits per heavy atom. The van der Waals surface area contributed by atoms with Crippen molar-refractivity contribution >= 4 is 17.2 Å². The third-order valence-corrected chi connectivity index (χ3v) is 4.06. The highest BCUT2D eigenvalue weighted by Gasteiger charge is 2.36. The molecule has 0 unspecified atom stereocenters. The molecule has 8 heteroatoms. The Morgan fingerprint density at radius 3 is 2.23 bits per heavy atom. The molecule has 1 aliphatic heterocycles. The van der Waals surface area contributed by atoms with Gasteiger partial charge in [0.2, 0.25) is 0 Å². The van der Waals surface area contributed by atoms with Gasteiger partial charge in [0.05, 0.1) is 17.7 Å². The van der Waals surface area contributed by atoms with Crippen molar-refractivity contribution in [2.24, 2.45) is 0 Å². The van der Waals surface area contributed by atoms with E-state index in [9.17, 15) is 26.7 Å². The molecule has 3 nitrogen and oxygen atoms in total. The molecular weight excluding hydrogens is 355 g/mol. The summed E-state index contributed by atoms with van der Waals surface area (Å²) >= 11 is 0. The van der Waals surface area contributed by atoms with Crippen LogP contribution >= 0.6 is 0 Å². The number of nitrogens with one attached hydrogen (secondary N) is 1. The summed E-state index contributed by atoms with van der Waals surface area (Å²) in [5.74, 6) is -2.64. The zero-order chi connectivity index (χ0) is 19.1. The Labute approximate surface area is 145 Å². The first-order chi connectivity index (χ1) is 12.2. The molecule has 3 rings (SSSR count). The highest BCUT2D eigenvalue weighted by atomic mass is 19.4. The van der Waals surface area contributed by atoms with E-state index in [0.29, 0.717) is 0 Å². The van der Waals surface area contributed by atoms with E-state index in [1.165, 1.54) is 19.2 Å². The lowest BCUT2D eigenvalue weighted by Gasteiger charge is -2.18. The second-order valence-electron chi connectivity index (χ2n) is 5.64. The Hall–Kier alpha value is -2.90. The maximum absolute atomic E-state index is 14.0. The highest BCUT2D eigenvalue weighted by Crippen LogP contribution is 2.36. The van der Waals surface area contributed by atoms with E-state index in [4.69, 9.17) is 0 Å². The monoisotopic (exact) mass is 368 g/mol. The van der Waals surface area contributed by atoms with Crippen molar-refractivity contribution in [3.8, 4) is 0 Å². The standard InChI is InChI=1S/C18H13F5N2O/c1-24-14-9-25(16-12(19)6-3-7-13(16)20)17(26)15(14)10-4-2-5-11(8-10)18(21,22)23/h2-8,24H,9H2,1H3. The molecule has 0 aromatic heterocycles. The van der Waals surface area contributed by atoms with Crippen LogP contribution in [0, 0.1) is 11.6 Å². The first-order valence-corrected chi connectivity index (χ1v) is 7.58. The third-order valence-electron chi connectivity index (χ3n) is 4.06. The number of amides is 1. The fourth-order valence-corrected chi connectivity index (χ4v) is 2.85. The SMILES string of the molecule is CNC1=C(c2cccc(C(F)(F)F)c2)C(=O)N(c2c(F)cccc2F)C1. The van der Waals surface area contributed by atoms with Crippen LogP contribution in [0.25, 0.3) is 5.57 Å². The summed E-state index contributed by atoms with van der Waals surface area (Å²) in [4.78, 5) is 13.6. The van der Waals surface area contributed by atoms with E-state index >= 15 is 0 Å². The first-order valence-electron chi connectivity index (χ1n) is 7.58. The summed E-state index contributed by atoms with van der Waals surface area (Å²) in [7, 11) is 1.48. The van der Waals surface area contributed by atoms with Crippen LogP contribution in [0.1, 0.15) is 11.1 Å². The van der Waals surface area contributed by atoms with E-state index < -0.39 is 35.0 Å². The van der Waals surface area contributed by atoms with Crippen molar-refractivity contribution in [3.05, 3.63) is 70.9 Å². The highest BCUT2D eigenvalue weighted by molar-refractivity contribution is 6.29. The number of likely N-dealkylation sites (N-methyl/N-ethyl adjacent to an activating group) is 1. The molecule has 1 aliphatic rings. The summed E-state index contributed by atoms with van der Waals surface area (Å²) in [5, 5.41) is 2.73. The van der Waals surface area contributed by atoms with Crippen LogP contribution in [0.15, 0.2) is 48.2 Å².